The van der Waals surface area contributed by atoms with Gasteiger partial charge in [0.25, 0.3) is 0 Å². The molecule has 0 N–H and O–H groups in total. The number of nitrogens with zero attached hydrogens (tertiary/aromatic N) is 1. The molecule has 4 aliphatic heterocycles. The van der Waals surface area contributed by atoms with Gasteiger partial charge in [-0.15, -0.1) is 0 Å². The van der Waals surface area contributed by atoms with Gasteiger partial charge in [-0.05, 0) is 0 Å². The first-order valence-electron chi connectivity index (χ1n) is 7.00. The Morgan fingerprint density at radius 2 is 1.32 bits per heavy atom. The van der Waals surface area contributed by atoms with Gasteiger partial charge in [0.2, 0.25) is 0 Å². The number of rotatable bonds is 0. The molecule has 0 bridgehead atoms. The third kappa shape index (κ3) is 2.49. The van der Waals surface area contributed by atoms with Crippen molar-refractivity contribution in [1.82, 2.24) is 5.06 Å². The molecule has 8 heteroatoms. The summed E-state index contributed by atoms with van der Waals surface area (Å²) in [4.78, 5) is 0. The van der Waals surface area contributed by atoms with Crippen molar-refractivity contribution in [3.63, 3.8) is 0 Å². The van der Waals surface area contributed by atoms with Crippen molar-refractivity contribution in [3.8, 4) is 0 Å². The molecular formula is C14H16NOS4Se2. The van der Waals surface area contributed by atoms with Crippen LogP contribution < -0.4 is 0 Å². The van der Waals surface area contributed by atoms with Crippen molar-refractivity contribution in [2.75, 3.05) is 11.5 Å². The van der Waals surface area contributed by atoms with Crippen LogP contribution in [0.25, 0.3) is 0 Å². The number of thioether (sulfide) groups is 4. The Bertz CT molecular complexity index is 603. The third-order valence-electron chi connectivity index (χ3n) is 3.98. The van der Waals surface area contributed by atoms with Crippen LogP contribution in [0.5, 0.6) is 0 Å². The minimum absolute atomic E-state index is 0.312. The molecule has 2 nitrogen and oxygen atoms in total. The first kappa shape index (κ1) is 17.0. The third-order valence-corrected chi connectivity index (χ3v) is 18.8. The summed E-state index contributed by atoms with van der Waals surface area (Å²) in [5, 5.41) is 14.0. The van der Waals surface area contributed by atoms with Gasteiger partial charge in [-0.1, -0.05) is 0 Å². The molecule has 0 aromatic rings. The van der Waals surface area contributed by atoms with Crippen LogP contribution in [-0.4, -0.2) is 57.6 Å². The molecule has 0 unspecified atom stereocenters. The van der Waals surface area contributed by atoms with Crippen molar-refractivity contribution in [2.45, 2.75) is 38.8 Å². The van der Waals surface area contributed by atoms with Crippen LogP contribution in [0.3, 0.4) is 0 Å². The number of hydroxylamine groups is 2. The quantitative estimate of drug-likeness (QED) is 0.467. The fourth-order valence-electron chi connectivity index (χ4n) is 2.87. The zero-order valence-electron chi connectivity index (χ0n) is 12.7. The van der Waals surface area contributed by atoms with E-state index in [2.05, 4.69) is 27.7 Å². The molecule has 0 aromatic carbocycles. The first-order chi connectivity index (χ1) is 10.3. The summed E-state index contributed by atoms with van der Waals surface area (Å²) in [7, 11) is 0. The normalized spacial score (nSPS) is 30.4. The van der Waals surface area contributed by atoms with Gasteiger partial charge in [0.1, 0.15) is 0 Å². The summed E-state index contributed by atoms with van der Waals surface area (Å²) >= 11 is 8.81. The fourth-order valence-corrected chi connectivity index (χ4v) is 17.6. The van der Waals surface area contributed by atoms with E-state index in [1.165, 1.54) is 34.0 Å². The Hall–Kier alpha value is 1.58. The van der Waals surface area contributed by atoms with E-state index >= 15 is 0 Å². The average Bonchev–Trinajstić information content (AvgIpc) is 3.12. The average molecular weight is 500 g/mol. The van der Waals surface area contributed by atoms with Crippen molar-refractivity contribution in [2.24, 2.45) is 0 Å². The molecular weight excluding hydrogens is 484 g/mol. The minimum atomic E-state index is -0.312. The van der Waals surface area contributed by atoms with Gasteiger partial charge >= 0.3 is 163 Å². The van der Waals surface area contributed by atoms with E-state index in [9.17, 15) is 5.21 Å². The van der Waals surface area contributed by atoms with Crippen LogP contribution in [-0.2, 0) is 5.21 Å². The van der Waals surface area contributed by atoms with Crippen molar-refractivity contribution >= 4 is 77.0 Å². The van der Waals surface area contributed by atoms with E-state index in [4.69, 9.17) is 0 Å². The predicted molar refractivity (Wildman–Crippen MR) is 103 cm³/mol. The van der Waals surface area contributed by atoms with E-state index in [0.29, 0.717) is 29.9 Å². The summed E-state index contributed by atoms with van der Waals surface area (Å²) in [5.74, 6) is 2.49. The second-order valence-electron chi connectivity index (χ2n) is 6.33. The molecule has 22 heavy (non-hydrogen) atoms. The molecule has 0 amide bonds. The Kier molecular flexibility index (Phi) is 4.49. The van der Waals surface area contributed by atoms with Crippen LogP contribution in [0.15, 0.2) is 25.0 Å². The molecule has 0 saturated heterocycles. The van der Waals surface area contributed by atoms with Crippen molar-refractivity contribution in [1.29, 1.82) is 0 Å². The topological polar surface area (TPSA) is 23.1 Å². The van der Waals surface area contributed by atoms with Crippen LogP contribution in [0.1, 0.15) is 27.7 Å². The second-order valence-corrected chi connectivity index (χ2v) is 16.9. The molecule has 4 rings (SSSR count). The van der Waals surface area contributed by atoms with Crippen LogP contribution in [0.4, 0.5) is 0 Å². The standard InChI is InChI=1S/C14H16NOS4Se2/c1-13(2)7-8(14(3,4)15(13)16)22-12(21-7)11-19-9-10(20-11)18-6-5-17-9/h5-6H2,1-4H3. The molecule has 0 aromatic heterocycles. The fraction of sp³-hybridized carbons (Fsp3) is 0.571. The summed E-state index contributed by atoms with van der Waals surface area (Å²) in [5.41, 5.74) is -0.624. The molecule has 0 spiro atoms. The van der Waals surface area contributed by atoms with Crippen LogP contribution in [0.2, 0.25) is 0 Å². The molecule has 119 valence electrons. The first-order valence-corrected chi connectivity index (χ1v) is 14.0. The Balaban J connectivity index is 1.62. The van der Waals surface area contributed by atoms with E-state index < -0.39 is 0 Å². The molecule has 0 fully saturated rings. The summed E-state index contributed by atoms with van der Waals surface area (Å²) in [6.45, 7) is 8.44. The summed E-state index contributed by atoms with van der Waals surface area (Å²) in [6.07, 6.45) is 0. The summed E-state index contributed by atoms with van der Waals surface area (Å²) in [6, 6.07) is 0. The van der Waals surface area contributed by atoms with Gasteiger partial charge in [-0.2, -0.15) is 0 Å². The van der Waals surface area contributed by atoms with E-state index in [0.717, 1.165) is 0 Å². The van der Waals surface area contributed by atoms with E-state index in [1.54, 1.807) is 7.61 Å². The van der Waals surface area contributed by atoms with E-state index in [1.807, 2.05) is 47.0 Å². The Labute approximate surface area is 161 Å². The monoisotopic (exact) mass is 502 g/mol. The zero-order valence-corrected chi connectivity index (χ0v) is 19.4. The molecule has 4 aliphatic rings. The zero-order chi connectivity index (χ0) is 15.7. The Morgan fingerprint density at radius 1 is 0.864 bits per heavy atom. The number of hydrogen-bond acceptors (Lipinski definition) is 5. The molecule has 4 heterocycles. The van der Waals surface area contributed by atoms with Gasteiger partial charge in [0.15, 0.2) is 0 Å². The maximum atomic E-state index is 12.6. The second kappa shape index (κ2) is 5.80. The summed E-state index contributed by atoms with van der Waals surface area (Å²) < 4.78 is 9.22. The van der Waals surface area contributed by atoms with Crippen molar-refractivity contribution in [3.05, 3.63) is 25.0 Å². The van der Waals surface area contributed by atoms with Gasteiger partial charge in [0, 0.05) is 0 Å². The molecule has 0 aliphatic carbocycles. The Morgan fingerprint density at radius 3 is 1.77 bits per heavy atom. The van der Waals surface area contributed by atoms with Gasteiger partial charge < -0.3 is 0 Å². The number of hydrogen-bond donors (Lipinski definition) is 0. The molecule has 1 radical (unpaired) electrons. The predicted octanol–water partition coefficient (Wildman–Crippen LogP) is 4.05. The maximum absolute atomic E-state index is 12.6. The van der Waals surface area contributed by atoms with E-state index in [-0.39, 0.29) is 11.1 Å². The van der Waals surface area contributed by atoms with Crippen molar-refractivity contribution < 1.29 is 5.21 Å². The SMILES string of the molecule is CC1(C)C2=C([Se]C(=C3SC4=C(SCCS4)S3)[Se]2)C(C)(C)N1[O]. The van der Waals surface area contributed by atoms with Gasteiger partial charge in [0.05, 0.1) is 0 Å². The van der Waals surface area contributed by atoms with Crippen LogP contribution >= 0.6 is 47.0 Å². The molecule has 0 saturated carbocycles. The van der Waals surface area contributed by atoms with Gasteiger partial charge in [-0.3, -0.25) is 0 Å². The molecule has 0 atom stereocenters. The van der Waals surface area contributed by atoms with Crippen LogP contribution in [0, 0.1) is 0 Å². The van der Waals surface area contributed by atoms with Gasteiger partial charge in [-0.25, -0.2) is 0 Å².